The van der Waals surface area contributed by atoms with Crippen molar-refractivity contribution in [2.24, 2.45) is 0 Å². The molecule has 0 saturated heterocycles. The third-order valence-electron chi connectivity index (χ3n) is 5.07. The lowest BCUT2D eigenvalue weighted by molar-refractivity contribution is -0.138. The fourth-order valence-electron chi connectivity index (χ4n) is 3.66. The number of anilines is 2. The number of benzene rings is 2. The van der Waals surface area contributed by atoms with Gasteiger partial charge in [-0.05, 0) is 48.7 Å². The van der Waals surface area contributed by atoms with E-state index in [0.717, 1.165) is 17.3 Å². The summed E-state index contributed by atoms with van der Waals surface area (Å²) in [4.78, 5) is 23.1. The van der Waals surface area contributed by atoms with Crippen molar-refractivity contribution < 1.29 is 18.0 Å². The van der Waals surface area contributed by atoms with E-state index in [1.807, 2.05) is 11.0 Å². The van der Waals surface area contributed by atoms with Gasteiger partial charge in [-0.1, -0.05) is 29.8 Å². The number of carbonyl (C=O) groups is 1. The number of halogens is 4. The molecule has 1 amide bonds. The van der Waals surface area contributed by atoms with Crippen molar-refractivity contribution in [3.8, 4) is 0 Å². The van der Waals surface area contributed by atoms with Crippen LogP contribution in [0.25, 0.3) is 0 Å². The molecule has 2 heterocycles. The highest BCUT2D eigenvalue weighted by Crippen LogP contribution is 2.35. The van der Waals surface area contributed by atoms with E-state index in [4.69, 9.17) is 11.6 Å². The average Bonchev–Trinajstić information content (AvgIpc) is 3.14. The predicted molar refractivity (Wildman–Crippen MR) is 112 cm³/mol. The first-order valence-electron chi connectivity index (χ1n) is 9.57. The van der Waals surface area contributed by atoms with Gasteiger partial charge >= 0.3 is 6.18 Å². The second-order valence-corrected chi connectivity index (χ2v) is 7.57. The van der Waals surface area contributed by atoms with E-state index in [2.05, 4.69) is 15.3 Å². The highest BCUT2D eigenvalue weighted by molar-refractivity contribution is 6.29. The van der Waals surface area contributed by atoms with Crippen LogP contribution in [0.5, 0.6) is 0 Å². The standard InChI is InChI=1S/C22H18ClF3N4O/c1-13-28-19(23)11-20(29-13)30-9-8-14-10-15(6-7-18(14)30)21(31)27-12-16-4-2-3-5-17(16)22(24,25)26/h2-7,10-11H,8-9,12H2,1H3,(H,27,31). The van der Waals surface area contributed by atoms with Gasteiger partial charge in [0.25, 0.3) is 5.91 Å². The summed E-state index contributed by atoms with van der Waals surface area (Å²) in [5.74, 6) is 0.808. The van der Waals surface area contributed by atoms with Crippen LogP contribution in [0, 0.1) is 6.92 Å². The molecule has 1 aliphatic rings. The lowest BCUT2D eigenvalue weighted by atomic mass is 10.1. The van der Waals surface area contributed by atoms with Crippen LogP contribution in [-0.2, 0) is 19.1 Å². The number of nitrogens with zero attached hydrogens (tertiary/aromatic N) is 3. The van der Waals surface area contributed by atoms with Gasteiger partial charge in [0, 0.05) is 30.4 Å². The summed E-state index contributed by atoms with van der Waals surface area (Å²) < 4.78 is 39.4. The fraction of sp³-hybridized carbons (Fsp3) is 0.227. The molecule has 0 saturated carbocycles. The van der Waals surface area contributed by atoms with E-state index >= 15 is 0 Å². The normalized spacial score (nSPS) is 13.3. The Labute approximate surface area is 181 Å². The molecule has 0 aliphatic carbocycles. The van der Waals surface area contributed by atoms with Gasteiger partial charge in [0.1, 0.15) is 16.8 Å². The summed E-state index contributed by atoms with van der Waals surface area (Å²) in [6.07, 6.45) is -3.77. The number of aromatic nitrogens is 2. The van der Waals surface area contributed by atoms with Crippen molar-refractivity contribution in [3.63, 3.8) is 0 Å². The number of hydrogen-bond donors (Lipinski definition) is 1. The number of alkyl halides is 3. The molecule has 3 aromatic rings. The van der Waals surface area contributed by atoms with Gasteiger partial charge in [0.2, 0.25) is 0 Å². The Morgan fingerprint density at radius 3 is 2.68 bits per heavy atom. The minimum absolute atomic E-state index is 0.0201. The first kappa shape index (κ1) is 21.1. The number of fused-ring (bicyclic) bond motifs is 1. The monoisotopic (exact) mass is 446 g/mol. The van der Waals surface area contributed by atoms with Crippen molar-refractivity contribution in [2.45, 2.75) is 26.1 Å². The Balaban J connectivity index is 1.51. The smallest absolute Gasteiger partial charge is 0.348 e. The van der Waals surface area contributed by atoms with Gasteiger partial charge < -0.3 is 10.2 Å². The summed E-state index contributed by atoms with van der Waals surface area (Å²) in [6.45, 7) is 2.22. The Kier molecular flexibility index (Phi) is 5.58. The van der Waals surface area contributed by atoms with Gasteiger partial charge in [-0.3, -0.25) is 4.79 Å². The zero-order valence-electron chi connectivity index (χ0n) is 16.5. The SMILES string of the molecule is Cc1nc(Cl)cc(N2CCc3cc(C(=O)NCc4ccccc4C(F)(F)F)ccc32)n1. The summed E-state index contributed by atoms with van der Waals surface area (Å²) in [7, 11) is 0. The van der Waals surface area contributed by atoms with Crippen molar-refractivity contribution in [1.29, 1.82) is 0 Å². The van der Waals surface area contributed by atoms with E-state index in [-0.39, 0.29) is 12.1 Å². The summed E-state index contributed by atoms with van der Waals surface area (Å²) in [6, 6.07) is 12.1. The van der Waals surface area contributed by atoms with Crippen LogP contribution < -0.4 is 10.2 Å². The Hall–Kier alpha value is -3.13. The molecule has 0 atom stereocenters. The molecule has 4 rings (SSSR count). The van der Waals surface area contributed by atoms with Crippen molar-refractivity contribution in [3.05, 3.63) is 81.8 Å². The van der Waals surface area contributed by atoms with Crippen molar-refractivity contribution in [1.82, 2.24) is 15.3 Å². The van der Waals surface area contributed by atoms with Crippen molar-refractivity contribution >= 4 is 29.0 Å². The van der Waals surface area contributed by atoms with Gasteiger partial charge in [0.15, 0.2) is 0 Å². The van der Waals surface area contributed by atoms with Crippen LogP contribution in [0.1, 0.15) is 32.9 Å². The maximum Gasteiger partial charge on any atom is 0.416 e. The fourth-order valence-corrected chi connectivity index (χ4v) is 3.88. The topological polar surface area (TPSA) is 58.1 Å². The second-order valence-electron chi connectivity index (χ2n) is 7.18. The molecule has 0 radical (unpaired) electrons. The number of amides is 1. The van der Waals surface area contributed by atoms with Crippen LogP contribution in [0.4, 0.5) is 24.7 Å². The van der Waals surface area contributed by atoms with Crippen LogP contribution in [0.2, 0.25) is 5.15 Å². The second kappa shape index (κ2) is 8.19. The summed E-state index contributed by atoms with van der Waals surface area (Å²) in [5.41, 5.74) is 1.52. The molecule has 0 bridgehead atoms. The molecule has 2 aromatic carbocycles. The Morgan fingerprint density at radius 2 is 1.94 bits per heavy atom. The quantitative estimate of drug-likeness (QED) is 0.568. The largest absolute Gasteiger partial charge is 0.416 e. The lowest BCUT2D eigenvalue weighted by Gasteiger charge is -2.19. The molecule has 5 nitrogen and oxygen atoms in total. The van der Waals surface area contributed by atoms with Crippen LogP contribution in [-0.4, -0.2) is 22.4 Å². The molecule has 1 N–H and O–H groups in total. The van der Waals surface area contributed by atoms with E-state index in [1.165, 1.54) is 18.2 Å². The minimum Gasteiger partial charge on any atom is -0.348 e. The third-order valence-corrected chi connectivity index (χ3v) is 5.26. The number of carbonyl (C=O) groups excluding carboxylic acids is 1. The average molecular weight is 447 g/mol. The van der Waals surface area contributed by atoms with Gasteiger partial charge in [-0.15, -0.1) is 0 Å². The van der Waals surface area contributed by atoms with Crippen LogP contribution in [0.15, 0.2) is 48.5 Å². The van der Waals surface area contributed by atoms with Gasteiger partial charge in [-0.25, -0.2) is 9.97 Å². The van der Waals surface area contributed by atoms with E-state index in [9.17, 15) is 18.0 Å². The third kappa shape index (κ3) is 4.49. The number of aryl methyl sites for hydroxylation is 1. The van der Waals surface area contributed by atoms with Gasteiger partial charge in [0.05, 0.1) is 5.56 Å². The van der Waals surface area contributed by atoms with Gasteiger partial charge in [-0.2, -0.15) is 13.2 Å². The molecule has 160 valence electrons. The Morgan fingerprint density at radius 1 is 1.16 bits per heavy atom. The molecule has 0 spiro atoms. The molecule has 9 heteroatoms. The first-order valence-corrected chi connectivity index (χ1v) is 9.95. The minimum atomic E-state index is -4.47. The zero-order valence-corrected chi connectivity index (χ0v) is 17.3. The highest BCUT2D eigenvalue weighted by atomic mass is 35.5. The molecule has 1 aromatic heterocycles. The summed E-state index contributed by atoms with van der Waals surface area (Å²) >= 11 is 6.05. The first-order chi connectivity index (χ1) is 14.7. The maximum absolute atomic E-state index is 13.1. The zero-order chi connectivity index (χ0) is 22.2. The molecular formula is C22H18ClF3N4O. The maximum atomic E-state index is 13.1. The number of rotatable bonds is 4. The van der Waals surface area contributed by atoms with Crippen LogP contribution >= 0.6 is 11.6 Å². The molecule has 0 fully saturated rings. The number of nitrogens with one attached hydrogen (secondary N) is 1. The molecule has 31 heavy (non-hydrogen) atoms. The predicted octanol–water partition coefficient (Wildman–Crippen LogP) is 5.08. The molecule has 1 aliphatic heterocycles. The highest BCUT2D eigenvalue weighted by Gasteiger charge is 2.33. The van der Waals surface area contributed by atoms with E-state index in [0.29, 0.717) is 35.3 Å². The lowest BCUT2D eigenvalue weighted by Crippen LogP contribution is -2.24. The molecule has 0 unspecified atom stereocenters. The Bertz CT molecular complexity index is 1130. The van der Waals surface area contributed by atoms with Crippen molar-refractivity contribution in [2.75, 3.05) is 11.4 Å². The van der Waals surface area contributed by atoms with E-state index < -0.39 is 17.6 Å². The number of hydrogen-bond acceptors (Lipinski definition) is 4. The summed E-state index contributed by atoms with van der Waals surface area (Å²) in [5, 5.41) is 2.94. The molecular weight excluding hydrogens is 429 g/mol. The van der Waals surface area contributed by atoms with Crippen LogP contribution in [0.3, 0.4) is 0 Å². The van der Waals surface area contributed by atoms with E-state index in [1.54, 1.807) is 25.1 Å².